The Morgan fingerprint density at radius 3 is 2.18 bits per heavy atom. The van der Waals surface area contributed by atoms with Gasteiger partial charge in [-0.15, -0.1) is 0 Å². The van der Waals surface area contributed by atoms with Crippen molar-refractivity contribution in [1.29, 1.82) is 0 Å². The summed E-state index contributed by atoms with van der Waals surface area (Å²) < 4.78 is 2.44. The largest absolute Gasteiger partial charge is 0.391 e. The number of rotatable bonds is 7. The first-order chi connectivity index (χ1) is 13.6. The van der Waals surface area contributed by atoms with Crippen molar-refractivity contribution < 1.29 is 4.84 Å². The standard InChI is InChI=1S/C21H22N4O3/c1-24-19(22-13-16-9-5-3-6-10-16)18(20(26)25(2)21(24)27)14-23-28-15-17-11-7-4-8-12-17/h3-12,14,22H,13,15H2,1-2H3/b23-14+. The van der Waals surface area contributed by atoms with Crippen LogP contribution in [0.3, 0.4) is 0 Å². The van der Waals surface area contributed by atoms with Gasteiger partial charge < -0.3 is 10.2 Å². The number of benzene rings is 2. The summed E-state index contributed by atoms with van der Waals surface area (Å²) in [5, 5.41) is 7.10. The summed E-state index contributed by atoms with van der Waals surface area (Å²) in [6.45, 7) is 0.753. The van der Waals surface area contributed by atoms with Gasteiger partial charge >= 0.3 is 5.69 Å². The maximum atomic E-state index is 12.6. The highest BCUT2D eigenvalue weighted by molar-refractivity contribution is 5.85. The van der Waals surface area contributed by atoms with Crippen LogP contribution in [0.25, 0.3) is 0 Å². The molecule has 0 fully saturated rings. The summed E-state index contributed by atoms with van der Waals surface area (Å²) in [5.74, 6) is 0.393. The number of anilines is 1. The third-order valence-corrected chi connectivity index (χ3v) is 4.33. The lowest BCUT2D eigenvalue weighted by Gasteiger charge is -2.15. The highest BCUT2D eigenvalue weighted by Gasteiger charge is 2.14. The van der Waals surface area contributed by atoms with Crippen LogP contribution in [0.2, 0.25) is 0 Å². The molecule has 0 saturated carbocycles. The number of nitrogens with one attached hydrogen (secondary N) is 1. The van der Waals surface area contributed by atoms with E-state index in [-0.39, 0.29) is 12.2 Å². The molecule has 7 nitrogen and oxygen atoms in total. The van der Waals surface area contributed by atoms with Crippen LogP contribution in [0.4, 0.5) is 5.82 Å². The minimum atomic E-state index is -0.439. The van der Waals surface area contributed by atoms with Crippen molar-refractivity contribution in [3.8, 4) is 0 Å². The Bertz CT molecular complexity index is 1070. The van der Waals surface area contributed by atoms with Gasteiger partial charge in [0.05, 0.1) is 6.21 Å². The summed E-state index contributed by atoms with van der Waals surface area (Å²) in [6.07, 6.45) is 1.35. The highest BCUT2D eigenvalue weighted by atomic mass is 16.6. The maximum absolute atomic E-state index is 12.6. The smallest absolute Gasteiger partial charge is 0.332 e. The van der Waals surface area contributed by atoms with E-state index >= 15 is 0 Å². The normalized spacial score (nSPS) is 10.9. The summed E-state index contributed by atoms with van der Waals surface area (Å²) in [4.78, 5) is 30.2. The van der Waals surface area contributed by atoms with Crippen LogP contribution in [0.15, 0.2) is 75.4 Å². The summed E-state index contributed by atoms with van der Waals surface area (Å²) in [5.41, 5.74) is 1.40. The molecule has 1 N–H and O–H groups in total. The van der Waals surface area contributed by atoms with E-state index in [9.17, 15) is 9.59 Å². The van der Waals surface area contributed by atoms with E-state index < -0.39 is 11.2 Å². The zero-order valence-electron chi connectivity index (χ0n) is 15.8. The van der Waals surface area contributed by atoms with Crippen LogP contribution in [0, 0.1) is 0 Å². The minimum Gasteiger partial charge on any atom is -0.391 e. The minimum absolute atomic E-state index is 0.258. The van der Waals surface area contributed by atoms with Gasteiger partial charge in [0.25, 0.3) is 5.56 Å². The third-order valence-electron chi connectivity index (χ3n) is 4.33. The van der Waals surface area contributed by atoms with Gasteiger partial charge in [-0.1, -0.05) is 65.8 Å². The average Bonchev–Trinajstić information content (AvgIpc) is 2.74. The first-order valence-corrected chi connectivity index (χ1v) is 8.85. The van der Waals surface area contributed by atoms with Gasteiger partial charge in [-0.25, -0.2) is 4.79 Å². The van der Waals surface area contributed by atoms with Crippen LogP contribution < -0.4 is 16.6 Å². The van der Waals surface area contributed by atoms with Crippen molar-refractivity contribution in [3.05, 3.63) is 98.2 Å². The van der Waals surface area contributed by atoms with Crippen LogP contribution in [0.5, 0.6) is 0 Å². The van der Waals surface area contributed by atoms with Crippen molar-refractivity contribution in [2.24, 2.45) is 19.3 Å². The molecule has 0 aliphatic heterocycles. The van der Waals surface area contributed by atoms with Gasteiger partial charge in [0.15, 0.2) is 0 Å². The van der Waals surface area contributed by atoms with Gasteiger partial charge in [0.2, 0.25) is 0 Å². The molecule has 3 rings (SSSR count). The highest BCUT2D eigenvalue weighted by Crippen LogP contribution is 2.10. The Hall–Kier alpha value is -3.61. The van der Waals surface area contributed by atoms with E-state index in [0.717, 1.165) is 15.7 Å². The predicted octanol–water partition coefficient (Wildman–Crippen LogP) is 2.25. The summed E-state index contributed by atoms with van der Waals surface area (Å²) in [6, 6.07) is 19.3. The molecule has 0 amide bonds. The maximum Gasteiger partial charge on any atom is 0.332 e. The van der Waals surface area contributed by atoms with E-state index in [1.807, 2.05) is 60.7 Å². The van der Waals surface area contributed by atoms with Crippen LogP contribution >= 0.6 is 0 Å². The average molecular weight is 378 g/mol. The Kier molecular flexibility index (Phi) is 6.06. The molecule has 7 heteroatoms. The van der Waals surface area contributed by atoms with Crippen LogP contribution in [-0.4, -0.2) is 15.3 Å². The van der Waals surface area contributed by atoms with Gasteiger partial charge in [-0.05, 0) is 11.1 Å². The van der Waals surface area contributed by atoms with E-state index in [1.165, 1.54) is 17.8 Å². The molecule has 3 aromatic rings. The lowest BCUT2D eigenvalue weighted by atomic mass is 10.2. The van der Waals surface area contributed by atoms with E-state index in [1.54, 1.807) is 7.05 Å². The van der Waals surface area contributed by atoms with Crippen molar-refractivity contribution in [3.63, 3.8) is 0 Å². The molecule has 0 unspecified atom stereocenters. The lowest BCUT2D eigenvalue weighted by molar-refractivity contribution is 0.132. The molecule has 0 spiro atoms. The van der Waals surface area contributed by atoms with Crippen molar-refractivity contribution in [2.45, 2.75) is 13.2 Å². The second kappa shape index (κ2) is 8.85. The molecule has 0 aliphatic carbocycles. The van der Waals surface area contributed by atoms with E-state index in [2.05, 4.69) is 10.5 Å². The molecule has 1 heterocycles. The van der Waals surface area contributed by atoms with Gasteiger partial charge in [0.1, 0.15) is 18.0 Å². The Morgan fingerprint density at radius 2 is 1.54 bits per heavy atom. The fourth-order valence-electron chi connectivity index (χ4n) is 2.76. The fraction of sp³-hybridized carbons (Fsp3) is 0.190. The molecule has 0 aliphatic rings. The van der Waals surface area contributed by atoms with Gasteiger partial charge in [0, 0.05) is 20.6 Å². The topological polar surface area (TPSA) is 77.6 Å². The molecule has 0 radical (unpaired) electrons. The van der Waals surface area contributed by atoms with Crippen molar-refractivity contribution >= 4 is 12.0 Å². The number of nitrogens with zero attached hydrogens (tertiary/aromatic N) is 3. The zero-order chi connectivity index (χ0) is 19.9. The molecule has 1 aromatic heterocycles. The molecule has 2 aromatic carbocycles. The lowest BCUT2D eigenvalue weighted by Crippen LogP contribution is -2.40. The molecule has 0 saturated heterocycles. The van der Waals surface area contributed by atoms with E-state index in [4.69, 9.17) is 4.84 Å². The Balaban J connectivity index is 1.84. The fourth-order valence-corrected chi connectivity index (χ4v) is 2.76. The number of hydrogen-bond acceptors (Lipinski definition) is 5. The number of hydrogen-bond donors (Lipinski definition) is 1. The second-order valence-electron chi connectivity index (χ2n) is 6.30. The monoisotopic (exact) mass is 378 g/mol. The second-order valence-corrected chi connectivity index (χ2v) is 6.30. The molecule has 144 valence electrons. The first-order valence-electron chi connectivity index (χ1n) is 8.85. The van der Waals surface area contributed by atoms with Gasteiger partial charge in [-0.2, -0.15) is 0 Å². The van der Waals surface area contributed by atoms with Crippen LogP contribution in [-0.2, 0) is 32.1 Å². The SMILES string of the molecule is Cn1c(NCc2ccccc2)c(/C=N/OCc2ccccc2)c(=O)n(C)c1=O. The van der Waals surface area contributed by atoms with Gasteiger partial charge in [-0.3, -0.25) is 13.9 Å². The Labute approximate surface area is 162 Å². The van der Waals surface area contributed by atoms with Crippen LogP contribution in [0.1, 0.15) is 16.7 Å². The molecular formula is C21H22N4O3. The first kappa shape index (κ1) is 19.2. The predicted molar refractivity (Wildman–Crippen MR) is 110 cm³/mol. The molecule has 0 atom stereocenters. The molecular weight excluding hydrogens is 356 g/mol. The van der Waals surface area contributed by atoms with E-state index in [0.29, 0.717) is 12.4 Å². The quantitative estimate of drug-likeness (QED) is 0.505. The number of oxime groups is 1. The number of aromatic nitrogens is 2. The summed E-state index contributed by atoms with van der Waals surface area (Å²) >= 11 is 0. The molecule has 28 heavy (non-hydrogen) atoms. The third kappa shape index (κ3) is 4.37. The summed E-state index contributed by atoms with van der Waals surface area (Å²) in [7, 11) is 3.05. The zero-order valence-corrected chi connectivity index (χ0v) is 15.8. The Morgan fingerprint density at radius 1 is 0.929 bits per heavy atom. The van der Waals surface area contributed by atoms with Crippen molar-refractivity contribution in [2.75, 3.05) is 5.32 Å². The van der Waals surface area contributed by atoms with Crippen molar-refractivity contribution in [1.82, 2.24) is 9.13 Å². The molecule has 0 bridgehead atoms.